The molecule has 0 unspecified atom stereocenters. The lowest BCUT2D eigenvalue weighted by atomic mass is 9.92. The van der Waals surface area contributed by atoms with Crippen LogP contribution in [0.25, 0.3) is 11.1 Å². The van der Waals surface area contributed by atoms with E-state index in [1.165, 1.54) is 12.1 Å². The van der Waals surface area contributed by atoms with E-state index >= 15 is 0 Å². The zero-order valence-electron chi connectivity index (χ0n) is 15.0. The number of carbonyl (C=O) groups excluding carboxylic acids is 1. The van der Waals surface area contributed by atoms with Crippen molar-refractivity contribution in [1.82, 2.24) is 0 Å². The summed E-state index contributed by atoms with van der Waals surface area (Å²) in [7, 11) is 0. The molecule has 0 saturated carbocycles. The monoisotopic (exact) mass is 359 g/mol. The van der Waals surface area contributed by atoms with E-state index in [1.807, 2.05) is 37.3 Å². The van der Waals surface area contributed by atoms with Crippen LogP contribution >= 0.6 is 0 Å². The van der Waals surface area contributed by atoms with Crippen molar-refractivity contribution in [2.45, 2.75) is 13.3 Å². The second-order valence-corrected chi connectivity index (χ2v) is 6.12. The molecule has 0 bridgehead atoms. The second kappa shape index (κ2) is 8.23. The van der Waals surface area contributed by atoms with Crippen LogP contribution in [0, 0.1) is 0 Å². The Morgan fingerprint density at radius 1 is 0.778 bits per heavy atom. The molecule has 4 heteroatoms. The average Bonchev–Trinajstić information content (AvgIpc) is 2.69. The molecule has 3 N–H and O–H groups in total. The van der Waals surface area contributed by atoms with Crippen LogP contribution in [0.3, 0.4) is 0 Å². The van der Waals surface area contributed by atoms with Crippen LogP contribution in [-0.4, -0.2) is 16.1 Å². The van der Waals surface area contributed by atoms with Gasteiger partial charge in [0.2, 0.25) is 0 Å². The minimum Gasteiger partial charge on any atom is -0.508 e. The van der Waals surface area contributed by atoms with Crippen molar-refractivity contribution in [3.8, 4) is 11.5 Å². The lowest BCUT2D eigenvalue weighted by Crippen LogP contribution is -2.15. The first-order valence-electron chi connectivity index (χ1n) is 8.77. The molecule has 1 amide bonds. The van der Waals surface area contributed by atoms with E-state index in [-0.39, 0.29) is 17.4 Å². The maximum Gasteiger partial charge on any atom is 0.256 e. The highest BCUT2D eigenvalue weighted by molar-refractivity contribution is 6.31. The summed E-state index contributed by atoms with van der Waals surface area (Å²) in [4.78, 5) is 13.2. The number of hydrogen-bond acceptors (Lipinski definition) is 3. The molecule has 27 heavy (non-hydrogen) atoms. The van der Waals surface area contributed by atoms with E-state index in [0.29, 0.717) is 17.7 Å². The molecular formula is C23H21NO3. The van der Waals surface area contributed by atoms with Gasteiger partial charge in [-0.25, -0.2) is 0 Å². The van der Waals surface area contributed by atoms with Crippen LogP contribution in [0.5, 0.6) is 11.5 Å². The molecule has 0 radical (unpaired) electrons. The molecule has 3 aromatic carbocycles. The summed E-state index contributed by atoms with van der Waals surface area (Å²) in [6.07, 6.45) is 0.670. The highest BCUT2D eigenvalue weighted by Gasteiger charge is 2.18. The van der Waals surface area contributed by atoms with Gasteiger partial charge >= 0.3 is 0 Å². The Morgan fingerprint density at radius 3 is 1.89 bits per heavy atom. The summed E-state index contributed by atoms with van der Waals surface area (Å²) in [5.41, 5.74) is 3.76. The van der Waals surface area contributed by atoms with Crippen LogP contribution in [0.1, 0.15) is 24.5 Å². The Hall–Kier alpha value is -3.53. The second-order valence-electron chi connectivity index (χ2n) is 6.12. The van der Waals surface area contributed by atoms with E-state index < -0.39 is 0 Å². The van der Waals surface area contributed by atoms with Gasteiger partial charge in [-0.1, -0.05) is 49.4 Å². The number of phenolic OH excluding ortho intramolecular Hbond substituents is 2. The molecule has 0 heterocycles. The minimum atomic E-state index is -0.243. The molecule has 0 spiro atoms. The largest absolute Gasteiger partial charge is 0.508 e. The van der Waals surface area contributed by atoms with Crippen LogP contribution in [0.2, 0.25) is 0 Å². The third kappa shape index (κ3) is 4.36. The SMILES string of the molecule is CC/C(=C(/C(=O)Nc1ccc(O)cc1)c1ccc(O)cc1)c1ccccc1. The third-order valence-corrected chi connectivity index (χ3v) is 4.29. The lowest BCUT2D eigenvalue weighted by molar-refractivity contribution is -0.111. The molecule has 0 fully saturated rings. The maximum atomic E-state index is 13.2. The van der Waals surface area contributed by atoms with E-state index in [4.69, 9.17) is 0 Å². The first-order chi connectivity index (χ1) is 13.1. The van der Waals surface area contributed by atoms with E-state index in [2.05, 4.69) is 5.32 Å². The summed E-state index contributed by atoms with van der Waals surface area (Å²) in [5.74, 6) is 0.0442. The molecule has 0 aromatic heterocycles. The number of hydrogen-bond donors (Lipinski definition) is 3. The van der Waals surface area contributed by atoms with E-state index in [9.17, 15) is 15.0 Å². The number of nitrogens with one attached hydrogen (secondary N) is 1. The van der Waals surface area contributed by atoms with E-state index in [1.54, 1.807) is 36.4 Å². The number of carbonyl (C=O) groups is 1. The van der Waals surface area contributed by atoms with Gasteiger partial charge in [0, 0.05) is 5.69 Å². The molecule has 136 valence electrons. The van der Waals surface area contributed by atoms with Gasteiger partial charge in [0.1, 0.15) is 11.5 Å². The molecule has 3 rings (SSSR count). The van der Waals surface area contributed by atoms with Crippen molar-refractivity contribution in [3.63, 3.8) is 0 Å². The predicted molar refractivity (Wildman–Crippen MR) is 108 cm³/mol. The number of anilines is 1. The van der Waals surface area contributed by atoms with Crippen molar-refractivity contribution in [2.24, 2.45) is 0 Å². The van der Waals surface area contributed by atoms with Gasteiger partial charge in [0.05, 0.1) is 5.57 Å². The van der Waals surface area contributed by atoms with Gasteiger partial charge in [-0.05, 0) is 59.5 Å². The Kier molecular flexibility index (Phi) is 5.57. The quantitative estimate of drug-likeness (QED) is 0.339. The normalized spacial score (nSPS) is 11.6. The van der Waals surface area contributed by atoms with Gasteiger partial charge < -0.3 is 15.5 Å². The highest BCUT2D eigenvalue weighted by Crippen LogP contribution is 2.31. The van der Waals surface area contributed by atoms with Crippen LogP contribution in [0.4, 0.5) is 5.69 Å². The summed E-state index contributed by atoms with van der Waals surface area (Å²) in [5, 5.41) is 21.9. The number of phenols is 2. The first-order valence-corrected chi connectivity index (χ1v) is 8.77. The van der Waals surface area contributed by atoms with Gasteiger partial charge in [0.15, 0.2) is 0 Å². The molecule has 4 nitrogen and oxygen atoms in total. The number of amides is 1. The smallest absolute Gasteiger partial charge is 0.256 e. The average molecular weight is 359 g/mol. The number of aromatic hydroxyl groups is 2. The lowest BCUT2D eigenvalue weighted by Gasteiger charge is -2.16. The molecule has 0 aliphatic carbocycles. The molecule has 3 aromatic rings. The zero-order valence-corrected chi connectivity index (χ0v) is 15.0. The van der Waals surface area contributed by atoms with Crippen molar-refractivity contribution >= 4 is 22.7 Å². The van der Waals surface area contributed by atoms with Crippen molar-refractivity contribution in [1.29, 1.82) is 0 Å². The van der Waals surface area contributed by atoms with Gasteiger partial charge in [-0.15, -0.1) is 0 Å². The van der Waals surface area contributed by atoms with Crippen LogP contribution < -0.4 is 5.32 Å². The highest BCUT2D eigenvalue weighted by atomic mass is 16.3. The summed E-state index contributed by atoms with van der Waals surface area (Å²) >= 11 is 0. The van der Waals surface area contributed by atoms with Crippen LogP contribution in [-0.2, 0) is 4.79 Å². The van der Waals surface area contributed by atoms with Crippen molar-refractivity contribution in [2.75, 3.05) is 5.32 Å². The Balaban J connectivity index is 2.09. The third-order valence-electron chi connectivity index (χ3n) is 4.29. The summed E-state index contributed by atoms with van der Waals surface area (Å²) < 4.78 is 0. The fraction of sp³-hybridized carbons (Fsp3) is 0.0870. The van der Waals surface area contributed by atoms with Gasteiger partial charge in [-0.3, -0.25) is 4.79 Å². The first kappa shape index (κ1) is 18.3. The Morgan fingerprint density at radius 2 is 1.33 bits per heavy atom. The standard InChI is InChI=1S/C23H21NO3/c1-2-21(16-6-4-3-5-7-16)22(17-8-12-19(25)13-9-17)23(27)24-18-10-14-20(26)15-11-18/h3-15,25-26H,2H2,1H3,(H,24,27)/b22-21-. The predicted octanol–water partition coefficient (Wildman–Crippen LogP) is 5.06. The number of benzene rings is 3. The minimum absolute atomic E-state index is 0.140. The van der Waals surface area contributed by atoms with Crippen LogP contribution in [0.15, 0.2) is 78.9 Å². The molecular weight excluding hydrogens is 338 g/mol. The fourth-order valence-electron chi connectivity index (χ4n) is 2.97. The Labute approximate surface area is 158 Å². The fourth-order valence-corrected chi connectivity index (χ4v) is 2.97. The molecule has 0 atom stereocenters. The maximum absolute atomic E-state index is 13.2. The van der Waals surface area contributed by atoms with Gasteiger partial charge in [0.25, 0.3) is 5.91 Å². The molecule has 0 saturated heterocycles. The van der Waals surface area contributed by atoms with E-state index in [0.717, 1.165) is 16.7 Å². The van der Waals surface area contributed by atoms with Gasteiger partial charge in [-0.2, -0.15) is 0 Å². The number of allylic oxidation sites excluding steroid dienone is 1. The number of rotatable bonds is 5. The Bertz CT molecular complexity index is 943. The summed E-state index contributed by atoms with van der Waals surface area (Å²) in [6.45, 7) is 2.01. The zero-order chi connectivity index (χ0) is 19.2. The molecule has 0 aliphatic heterocycles. The topological polar surface area (TPSA) is 69.6 Å². The van der Waals surface area contributed by atoms with Crippen molar-refractivity contribution in [3.05, 3.63) is 90.0 Å². The van der Waals surface area contributed by atoms with Crippen molar-refractivity contribution < 1.29 is 15.0 Å². The molecule has 0 aliphatic rings. The summed E-state index contributed by atoms with van der Waals surface area (Å²) in [6, 6.07) is 22.7.